The molecule has 4 saturated heterocycles. The van der Waals surface area contributed by atoms with E-state index in [0.717, 1.165) is 0 Å². The molecule has 22 nitrogen and oxygen atoms in total. The first-order valence-electron chi connectivity index (χ1n) is 27.0. The van der Waals surface area contributed by atoms with Gasteiger partial charge in [0.1, 0.15) is 23.7 Å². The van der Waals surface area contributed by atoms with Crippen LogP contribution >= 0.6 is 34.3 Å². The molecule has 448 valence electrons. The van der Waals surface area contributed by atoms with E-state index in [0.29, 0.717) is 109 Å². The Bertz CT molecular complexity index is 3180. The van der Waals surface area contributed by atoms with Gasteiger partial charge in [-0.1, -0.05) is 35.9 Å². The fraction of sp³-hybridized carbons (Fsp3) is 0.474. The maximum Gasteiger partial charge on any atom is 0.338 e. The summed E-state index contributed by atoms with van der Waals surface area (Å²) in [6.45, 7) is 16.5. The summed E-state index contributed by atoms with van der Waals surface area (Å²) in [5, 5.41) is 30.5. The van der Waals surface area contributed by atoms with Crippen molar-refractivity contribution in [2.75, 3.05) is 92.8 Å². The van der Waals surface area contributed by atoms with Crippen LogP contribution in [0.5, 0.6) is 0 Å². The zero-order valence-corrected chi connectivity index (χ0v) is 50.4. The van der Waals surface area contributed by atoms with Crippen molar-refractivity contribution in [3.8, 4) is 0 Å². The van der Waals surface area contributed by atoms with Crippen LogP contribution in [0.2, 0.25) is 5.02 Å². The number of carboxylic acid groups (broad SMARTS) is 2. The van der Waals surface area contributed by atoms with E-state index in [2.05, 4.69) is 30.4 Å². The molecule has 0 aliphatic carbocycles. The molecular weight excluding hydrogens is 1150 g/mol. The molecule has 27 heteroatoms. The maximum absolute atomic E-state index is 14.7. The van der Waals surface area contributed by atoms with Gasteiger partial charge in [0.2, 0.25) is 0 Å². The third kappa shape index (κ3) is 12.1. The lowest BCUT2D eigenvalue weighted by Crippen LogP contribution is -2.60. The number of thiazole rings is 2. The molecule has 8 heterocycles. The molecule has 6 aliphatic rings. The topological polar surface area (TPSA) is 255 Å². The zero-order chi connectivity index (χ0) is 60.8. The lowest BCUT2D eigenvalue weighted by molar-refractivity contribution is -0.148. The van der Waals surface area contributed by atoms with Gasteiger partial charge in [-0.3, -0.25) is 29.4 Å². The van der Waals surface area contributed by atoms with E-state index in [4.69, 9.17) is 31.1 Å². The van der Waals surface area contributed by atoms with Crippen LogP contribution in [0.1, 0.15) is 80.3 Å². The number of hydrogen-bond donors (Lipinski definition) is 4. The second-order valence-electron chi connectivity index (χ2n) is 23.4. The van der Waals surface area contributed by atoms with Crippen LogP contribution in [-0.2, 0) is 28.7 Å². The molecule has 4 fully saturated rings. The predicted octanol–water partition coefficient (Wildman–Crippen LogP) is 6.41. The first-order valence-corrected chi connectivity index (χ1v) is 29.2. The highest BCUT2D eigenvalue weighted by molar-refractivity contribution is 7.12. The number of aliphatic carboxylic acids is 2. The highest BCUT2D eigenvalue weighted by atomic mass is 35.5. The smallest absolute Gasteiger partial charge is 0.338 e. The number of aliphatic imine (C=N–C) groups is 2. The molecule has 4 atom stereocenters. The number of aromatic nitrogens is 2. The summed E-state index contributed by atoms with van der Waals surface area (Å²) in [5.41, 5.74) is -0.485. The van der Waals surface area contributed by atoms with Crippen molar-refractivity contribution < 1.29 is 57.2 Å². The Morgan fingerprint density at radius 1 is 0.679 bits per heavy atom. The molecule has 0 bridgehead atoms. The lowest BCUT2D eigenvalue weighted by atomic mass is 9.91. The molecule has 2 aromatic heterocycles. The third-order valence-electron chi connectivity index (χ3n) is 16.1. The van der Waals surface area contributed by atoms with Gasteiger partial charge in [-0.05, 0) is 71.7 Å². The largest absolute Gasteiger partial charge is 0.481 e. The summed E-state index contributed by atoms with van der Waals surface area (Å²) in [6.07, 6.45) is 3.31. The van der Waals surface area contributed by atoms with Gasteiger partial charge in [-0.25, -0.2) is 37.9 Å². The van der Waals surface area contributed by atoms with Crippen molar-refractivity contribution in [1.82, 2.24) is 50.0 Å². The number of rotatable bonds is 16. The quantitative estimate of drug-likeness (QED) is 0.0885. The van der Waals surface area contributed by atoms with Crippen molar-refractivity contribution >= 4 is 81.9 Å². The first kappa shape index (κ1) is 61.2. The number of amidine groups is 2. The minimum atomic E-state index is -1.09. The Balaban J connectivity index is 0.000000202. The molecule has 4 amide bonds. The molecule has 0 radical (unpaired) electrons. The monoisotopic (exact) mass is 1220 g/mol. The Kier molecular flexibility index (Phi) is 17.4. The van der Waals surface area contributed by atoms with Gasteiger partial charge in [0.15, 0.2) is 21.7 Å². The Labute approximate surface area is 497 Å². The summed E-state index contributed by atoms with van der Waals surface area (Å²) in [5.74, 6) is -3.26. The zero-order valence-electron chi connectivity index (χ0n) is 48.0. The number of fused-ring (bicyclic) bond motifs is 2. The number of methoxy groups -OCH3 is 2. The van der Waals surface area contributed by atoms with Gasteiger partial charge < -0.3 is 49.9 Å². The number of amides is 4. The average Bonchev–Trinajstić information content (AvgIpc) is 2.37. The number of benzene rings is 2. The summed E-state index contributed by atoms with van der Waals surface area (Å²) in [4.78, 5) is 106. The predicted molar refractivity (Wildman–Crippen MR) is 310 cm³/mol. The molecule has 4 unspecified atom stereocenters. The van der Waals surface area contributed by atoms with Gasteiger partial charge in [0.05, 0.1) is 52.3 Å². The fourth-order valence-electron chi connectivity index (χ4n) is 11.7. The summed E-state index contributed by atoms with van der Waals surface area (Å²) in [7, 11) is 2.58. The van der Waals surface area contributed by atoms with Crippen LogP contribution < -0.4 is 10.6 Å². The van der Waals surface area contributed by atoms with Gasteiger partial charge in [0, 0.05) is 119 Å². The van der Waals surface area contributed by atoms with E-state index in [1.807, 2.05) is 24.1 Å². The molecule has 84 heavy (non-hydrogen) atoms. The molecule has 6 aliphatic heterocycles. The number of nitrogens with zero attached hydrogens (tertiary/aromatic N) is 10. The minimum absolute atomic E-state index is 0.0934. The standard InChI is InChI=1S/C29H35FN6O5S.C28H32ClFN6O5S/c1-17-18(7-6-8-19(17)30)22-21(25(37)41-5)20(32-23(33-22)24-31-9-12-42-24)13-34-10-11-36-27(40)35(16-29(36,4)15-34)14-28(2,3)26(38)39;1-27(2,25(38)39)13-35-15-28(3)14-34(9-10-36(28)26(35)40)12-18-19(24(37)41-4)21(16-6-5-7-17(30)20(16)29)33-22(32-18)23-31-8-11-42-23/h6-9,12,22H,10-11,13-16H2,1-5H3,(H,32,33)(H,38,39);5-8,11,21H,9-10,12-15H2,1-4H3,(H,32,33)(H,38,39). The molecule has 4 N–H and O–H groups in total. The molecule has 0 saturated carbocycles. The number of esters is 2. The number of carbonyl (C=O) groups is 6. The number of hydrogen-bond acceptors (Lipinski definition) is 18. The highest BCUT2D eigenvalue weighted by Gasteiger charge is 2.53. The summed E-state index contributed by atoms with van der Waals surface area (Å²) < 4.78 is 39.6. The average molecular weight is 1220 g/mol. The number of ether oxygens (including phenoxy) is 2. The van der Waals surface area contributed by atoms with Crippen molar-refractivity contribution in [2.24, 2.45) is 20.8 Å². The molecular formula is C57H67ClF2N12O10S2. The van der Waals surface area contributed by atoms with E-state index in [1.165, 1.54) is 55.1 Å². The Hall–Kier alpha value is -7.39. The minimum Gasteiger partial charge on any atom is -0.481 e. The van der Waals surface area contributed by atoms with Crippen molar-refractivity contribution in [3.05, 3.63) is 125 Å². The number of nitrogens with one attached hydrogen (secondary N) is 2. The Morgan fingerprint density at radius 3 is 1.50 bits per heavy atom. The normalized spacial score (nSPS) is 23.0. The summed E-state index contributed by atoms with van der Waals surface area (Å²) >= 11 is 9.14. The van der Waals surface area contributed by atoms with E-state index < -0.39 is 69.5 Å². The number of carbonyl (C=O) groups excluding carboxylic acids is 4. The van der Waals surface area contributed by atoms with Crippen molar-refractivity contribution in [3.63, 3.8) is 0 Å². The van der Waals surface area contributed by atoms with Gasteiger partial charge in [0.25, 0.3) is 0 Å². The van der Waals surface area contributed by atoms with Gasteiger partial charge >= 0.3 is 35.9 Å². The lowest BCUT2D eigenvalue weighted by Gasteiger charge is -2.44. The fourth-order valence-corrected chi connectivity index (χ4v) is 13.1. The molecule has 2 aromatic carbocycles. The molecule has 10 rings (SSSR count). The summed E-state index contributed by atoms with van der Waals surface area (Å²) in [6, 6.07) is 6.99. The van der Waals surface area contributed by atoms with Gasteiger partial charge in [-0.2, -0.15) is 0 Å². The van der Waals surface area contributed by atoms with E-state index in [1.54, 1.807) is 85.3 Å². The van der Waals surface area contributed by atoms with Crippen molar-refractivity contribution in [1.29, 1.82) is 0 Å². The van der Waals surface area contributed by atoms with Crippen LogP contribution in [-0.4, -0.2) is 201 Å². The number of urea groups is 2. The van der Waals surface area contributed by atoms with Crippen LogP contribution in [0.3, 0.4) is 0 Å². The second kappa shape index (κ2) is 23.9. The molecule has 0 spiro atoms. The van der Waals surface area contributed by atoms with Crippen LogP contribution in [0.4, 0.5) is 18.4 Å². The second-order valence-corrected chi connectivity index (χ2v) is 25.6. The van der Waals surface area contributed by atoms with Crippen LogP contribution in [0.25, 0.3) is 0 Å². The molecule has 4 aromatic rings. The van der Waals surface area contributed by atoms with E-state index in [-0.39, 0.29) is 47.9 Å². The van der Waals surface area contributed by atoms with E-state index >= 15 is 0 Å². The van der Waals surface area contributed by atoms with Crippen molar-refractivity contribution in [2.45, 2.75) is 71.6 Å². The highest BCUT2D eigenvalue weighted by Crippen LogP contribution is 2.41. The van der Waals surface area contributed by atoms with Crippen LogP contribution in [0.15, 0.2) is 92.1 Å². The SMILES string of the molecule is COC(=O)C1=C(CN2CCN3C(=O)N(CC(C)(C)C(=O)O)CC3(C)C2)NC(c2nccs2)=NC1c1cccc(F)c1C.COC(=O)C1=C(CN2CCN3C(=O)N(CC(C)(C)C(=O)O)CC3(C)C2)NC(c2nccs2)=NC1c1cccc(F)c1Cl. The number of piperazine rings is 2. The Morgan fingerprint density at radius 2 is 1.10 bits per heavy atom. The maximum atomic E-state index is 14.7. The van der Waals surface area contributed by atoms with Gasteiger partial charge in [-0.15, -0.1) is 22.7 Å². The number of halogens is 3. The van der Waals surface area contributed by atoms with Crippen LogP contribution in [0, 0.1) is 29.4 Å². The third-order valence-corrected chi connectivity index (χ3v) is 18.0. The van der Waals surface area contributed by atoms with E-state index in [9.17, 15) is 47.8 Å². The number of carboxylic acids is 2. The first-order chi connectivity index (χ1) is 39.7.